The lowest BCUT2D eigenvalue weighted by molar-refractivity contribution is -0.100. The number of aromatic nitrogens is 2. The average Bonchev–Trinajstić information content (AvgIpc) is 2.50. The number of hydrogen-bond acceptors (Lipinski definition) is 5. The summed E-state index contributed by atoms with van der Waals surface area (Å²) in [6.45, 7) is 9.53. The summed E-state index contributed by atoms with van der Waals surface area (Å²) in [6.07, 6.45) is 2.76. The van der Waals surface area contributed by atoms with Gasteiger partial charge in [0.05, 0.1) is 0 Å². The summed E-state index contributed by atoms with van der Waals surface area (Å²) in [4.78, 5) is 9.50. The predicted octanol–water partition coefficient (Wildman–Crippen LogP) is 2.25. The van der Waals surface area contributed by atoms with E-state index in [1.807, 2.05) is 0 Å². The Morgan fingerprint density at radius 2 is 1.81 bits per heavy atom. The second-order valence-electron chi connectivity index (χ2n) is 5.68. The molecule has 21 heavy (non-hydrogen) atoms. The third kappa shape index (κ3) is 3.59. The third-order valence-electron chi connectivity index (χ3n) is 4.25. The first kappa shape index (κ1) is 16.3. The molecule has 0 unspecified atom stereocenters. The predicted molar refractivity (Wildman–Crippen MR) is 82.2 cm³/mol. The molecule has 2 heterocycles. The minimum Gasteiger partial charge on any atom is -0.381 e. The molecule has 0 saturated carbocycles. The fourth-order valence-corrected chi connectivity index (χ4v) is 2.81. The molecule has 0 spiro atoms. The van der Waals surface area contributed by atoms with Crippen molar-refractivity contribution in [3.63, 3.8) is 0 Å². The van der Waals surface area contributed by atoms with Gasteiger partial charge in [0.1, 0.15) is 5.60 Å². The van der Waals surface area contributed by atoms with Crippen LogP contribution in [0.15, 0.2) is 0 Å². The fraction of sp³-hybridized carbons (Fsp3) is 0.750. The van der Waals surface area contributed by atoms with Crippen LogP contribution in [0.25, 0.3) is 0 Å². The third-order valence-corrected chi connectivity index (χ3v) is 4.25. The van der Waals surface area contributed by atoms with E-state index in [0.717, 1.165) is 49.6 Å². The maximum absolute atomic E-state index is 5.79. The van der Waals surface area contributed by atoms with Gasteiger partial charge in [-0.1, -0.05) is 6.92 Å². The Labute approximate surface area is 127 Å². The number of methoxy groups -OCH3 is 1. The molecule has 1 N–H and O–H groups in total. The van der Waals surface area contributed by atoms with Crippen molar-refractivity contribution in [3.05, 3.63) is 22.8 Å². The second-order valence-corrected chi connectivity index (χ2v) is 5.68. The quantitative estimate of drug-likeness (QED) is 0.815. The van der Waals surface area contributed by atoms with E-state index in [0.29, 0.717) is 13.2 Å². The summed E-state index contributed by atoms with van der Waals surface area (Å²) in [5.74, 6) is 0.808. The van der Waals surface area contributed by atoms with Gasteiger partial charge in [0, 0.05) is 56.7 Å². The summed E-state index contributed by atoms with van der Waals surface area (Å²) in [7, 11) is 1.75. The Hall–Kier alpha value is -1.04. The van der Waals surface area contributed by atoms with Crippen molar-refractivity contribution in [1.82, 2.24) is 15.3 Å². The number of rotatable bonds is 6. The number of ether oxygens (including phenoxy) is 2. The molecule has 1 aliphatic rings. The molecule has 0 radical (unpaired) electrons. The molecular weight excluding hydrogens is 266 g/mol. The van der Waals surface area contributed by atoms with Crippen molar-refractivity contribution in [3.8, 4) is 0 Å². The van der Waals surface area contributed by atoms with Gasteiger partial charge in [-0.05, 0) is 26.8 Å². The number of nitrogens with one attached hydrogen (secondary N) is 1. The molecule has 118 valence electrons. The number of aryl methyl sites for hydroxylation is 2. The van der Waals surface area contributed by atoms with Crippen LogP contribution in [0.1, 0.15) is 49.0 Å². The van der Waals surface area contributed by atoms with E-state index >= 15 is 0 Å². The molecule has 5 nitrogen and oxygen atoms in total. The highest BCUT2D eigenvalue weighted by molar-refractivity contribution is 5.26. The van der Waals surface area contributed by atoms with Crippen LogP contribution in [0.5, 0.6) is 0 Å². The van der Waals surface area contributed by atoms with E-state index in [4.69, 9.17) is 19.4 Å². The van der Waals surface area contributed by atoms with Gasteiger partial charge in [-0.2, -0.15) is 0 Å². The van der Waals surface area contributed by atoms with Crippen LogP contribution < -0.4 is 5.32 Å². The first-order valence-corrected chi connectivity index (χ1v) is 7.81. The zero-order valence-corrected chi connectivity index (χ0v) is 13.7. The van der Waals surface area contributed by atoms with Gasteiger partial charge < -0.3 is 14.8 Å². The van der Waals surface area contributed by atoms with Gasteiger partial charge in [0.15, 0.2) is 5.82 Å². The summed E-state index contributed by atoms with van der Waals surface area (Å²) < 4.78 is 11.2. The van der Waals surface area contributed by atoms with Crippen LogP contribution >= 0.6 is 0 Å². The van der Waals surface area contributed by atoms with Gasteiger partial charge in [0.2, 0.25) is 0 Å². The van der Waals surface area contributed by atoms with Crippen molar-refractivity contribution in [2.45, 2.75) is 52.2 Å². The molecule has 0 bridgehead atoms. The Kier molecular flexibility index (Phi) is 5.67. The zero-order chi connectivity index (χ0) is 15.3. The molecule has 1 aromatic rings. The Balaban J connectivity index is 2.25. The molecule has 0 amide bonds. The van der Waals surface area contributed by atoms with Crippen molar-refractivity contribution in [2.24, 2.45) is 0 Å². The first-order valence-electron chi connectivity index (χ1n) is 7.81. The lowest BCUT2D eigenvalue weighted by atomic mass is 9.92. The monoisotopic (exact) mass is 293 g/mol. The second kappa shape index (κ2) is 7.29. The van der Waals surface area contributed by atoms with Crippen molar-refractivity contribution in [1.29, 1.82) is 0 Å². The molecule has 1 aromatic heterocycles. The summed E-state index contributed by atoms with van der Waals surface area (Å²) >= 11 is 0. The Morgan fingerprint density at radius 3 is 2.33 bits per heavy atom. The standard InChI is InChI=1S/C16H27N3O2/c1-5-8-17-11-14-12(2)18-15(19-13(14)3)16(20-4)6-9-21-10-7-16/h17H,5-11H2,1-4H3. The molecule has 1 fully saturated rings. The first-order chi connectivity index (χ1) is 10.1. The highest BCUT2D eigenvalue weighted by atomic mass is 16.5. The van der Waals surface area contributed by atoms with Gasteiger partial charge in [0.25, 0.3) is 0 Å². The maximum Gasteiger partial charge on any atom is 0.160 e. The topological polar surface area (TPSA) is 56.3 Å². The summed E-state index contributed by atoms with van der Waals surface area (Å²) in [5, 5.41) is 3.42. The summed E-state index contributed by atoms with van der Waals surface area (Å²) in [5.41, 5.74) is 2.90. The SMILES string of the molecule is CCCNCc1c(C)nc(C2(OC)CCOCC2)nc1C. The number of nitrogens with zero attached hydrogens (tertiary/aromatic N) is 2. The molecule has 0 atom stereocenters. The maximum atomic E-state index is 5.79. The van der Waals surface area contributed by atoms with E-state index in [2.05, 4.69) is 26.1 Å². The van der Waals surface area contributed by atoms with E-state index < -0.39 is 0 Å². The molecule has 0 aliphatic carbocycles. The fourth-order valence-electron chi connectivity index (χ4n) is 2.81. The molecule has 0 aromatic carbocycles. The highest BCUT2D eigenvalue weighted by Gasteiger charge is 2.37. The lowest BCUT2D eigenvalue weighted by Gasteiger charge is -2.34. The van der Waals surface area contributed by atoms with E-state index in [1.54, 1.807) is 7.11 Å². The lowest BCUT2D eigenvalue weighted by Crippen LogP contribution is -2.38. The van der Waals surface area contributed by atoms with Gasteiger partial charge in [-0.25, -0.2) is 9.97 Å². The molecule has 1 aliphatic heterocycles. The molecule has 1 saturated heterocycles. The van der Waals surface area contributed by atoms with Gasteiger partial charge in [-0.15, -0.1) is 0 Å². The largest absolute Gasteiger partial charge is 0.381 e. The van der Waals surface area contributed by atoms with E-state index in [1.165, 1.54) is 5.56 Å². The van der Waals surface area contributed by atoms with Crippen LogP contribution in [0.3, 0.4) is 0 Å². The van der Waals surface area contributed by atoms with Crippen LogP contribution in [0, 0.1) is 13.8 Å². The summed E-state index contributed by atoms with van der Waals surface area (Å²) in [6, 6.07) is 0. The van der Waals surface area contributed by atoms with E-state index in [-0.39, 0.29) is 5.60 Å². The number of hydrogen-bond donors (Lipinski definition) is 1. The Morgan fingerprint density at radius 1 is 1.19 bits per heavy atom. The van der Waals surface area contributed by atoms with Crippen LogP contribution in [-0.4, -0.2) is 36.8 Å². The van der Waals surface area contributed by atoms with Crippen LogP contribution in [0.2, 0.25) is 0 Å². The van der Waals surface area contributed by atoms with Crippen molar-refractivity contribution < 1.29 is 9.47 Å². The minimum atomic E-state index is -0.386. The highest BCUT2D eigenvalue weighted by Crippen LogP contribution is 2.33. The molecular formula is C16H27N3O2. The average molecular weight is 293 g/mol. The smallest absolute Gasteiger partial charge is 0.160 e. The van der Waals surface area contributed by atoms with Gasteiger partial charge in [-0.3, -0.25) is 0 Å². The normalized spacial score (nSPS) is 17.9. The molecule has 5 heteroatoms. The molecule has 2 rings (SSSR count). The van der Waals surface area contributed by atoms with Gasteiger partial charge >= 0.3 is 0 Å². The van der Waals surface area contributed by atoms with E-state index in [9.17, 15) is 0 Å². The minimum absolute atomic E-state index is 0.386. The zero-order valence-electron chi connectivity index (χ0n) is 13.7. The van der Waals surface area contributed by atoms with Crippen molar-refractivity contribution in [2.75, 3.05) is 26.9 Å². The van der Waals surface area contributed by atoms with Crippen molar-refractivity contribution >= 4 is 0 Å². The Bertz CT molecular complexity index is 448. The van der Waals surface area contributed by atoms with Crippen LogP contribution in [-0.2, 0) is 21.6 Å². The van der Waals surface area contributed by atoms with Crippen LogP contribution in [0.4, 0.5) is 0 Å².